The monoisotopic (exact) mass is 319 g/mol. The van der Waals surface area contributed by atoms with Gasteiger partial charge in [-0.05, 0) is 43.9 Å². The molecule has 0 aromatic heterocycles. The van der Waals surface area contributed by atoms with Gasteiger partial charge in [-0.25, -0.2) is 0 Å². The fourth-order valence-electron chi connectivity index (χ4n) is 3.25. The topological polar surface area (TPSA) is 48.0 Å². The number of amides is 1. The van der Waals surface area contributed by atoms with Crippen LogP contribution in [0.1, 0.15) is 36.0 Å². The molecular weight excluding hydrogens is 294 g/mol. The standard InChI is InChI=1S/C18H25NO4/c1-21-15-6-2-5-14(11-15)18(20)19(12-16-7-3-9-22-16)13-17-8-4-10-23-17/h2,5-6,11,16-17H,3-4,7-10,12-13H2,1H3/t16-,17-/m0/s1. The summed E-state index contributed by atoms with van der Waals surface area (Å²) in [6.07, 6.45) is 4.48. The summed E-state index contributed by atoms with van der Waals surface area (Å²) in [6.45, 7) is 2.86. The van der Waals surface area contributed by atoms with E-state index in [0.717, 1.165) is 38.9 Å². The maximum absolute atomic E-state index is 12.9. The first kappa shape index (κ1) is 16.3. The number of benzene rings is 1. The van der Waals surface area contributed by atoms with Crippen molar-refractivity contribution >= 4 is 5.91 Å². The van der Waals surface area contributed by atoms with Crippen molar-refractivity contribution in [3.8, 4) is 5.75 Å². The Morgan fingerprint density at radius 2 is 1.83 bits per heavy atom. The predicted octanol–water partition coefficient (Wildman–Crippen LogP) is 2.50. The molecule has 2 saturated heterocycles. The largest absolute Gasteiger partial charge is 0.497 e. The summed E-state index contributed by atoms with van der Waals surface area (Å²) in [5.74, 6) is 0.722. The Morgan fingerprint density at radius 3 is 2.35 bits per heavy atom. The first-order chi connectivity index (χ1) is 11.3. The molecule has 0 radical (unpaired) electrons. The highest BCUT2D eigenvalue weighted by molar-refractivity contribution is 5.94. The number of hydrogen-bond acceptors (Lipinski definition) is 4. The number of carbonyl (C=O) groups is 1. The third kappa shape index (κ3) is 4.24. The molecule has 23 heavy (non-hydrogen) atoms. The minimum Gasteiger partial charge on any atom is -0.497 e. The summed E-state index contributed by atoms with van der Waals surface area (Å²) in [4.78, 5) is 14.8. The fourth-order valence-corrected chi connectivity index (χ4v) is 3.25. The lowest BCUT2D eigenvalue weighted by atomic mass is 10.1. The van der Waals surface area contributed by atoms with Crippen LogP contribution in [-0.2, 0) is 9.47 Å². The van der Waals surface area contributed by atoms with E-state index in [1.807, 2.05) is 23.1 Å². The van der Waals surface area contributed by atoms with Crippen LogP contribution in [0.15, 0.2) is 24.3 Å². The number of carbonyl (C=O) groups excluding carboxylic acids is 1. The van der Waals surface area contributed by atoms with E-state index in [9.17, 15) is 4.79 Å². The van der Waals surface area contributed by atoms with Crippen molar-refractivity contribution in [2.75, 3.05) is 33.4 Å². The molecule has 0 saturated carbocycles. The van der Waals surface area contributed by atoms with Crippen molar-refractivity contribution in [3.63, 3.8) is 0 Å². The molecule has 0 spiro atoms. The number of hydrogen-bond donors (Lipinski definition) is 0. The van der Waals surface area contributed by atoms with E-state index >= 15 is 0 Å². The molecule has 0 aliphatic carbocycles. The molecule has 5 nitrogen and oxygen atoms in total. The zero-order valence-electron chi connectivity index (χ0n) is 13.7. The van der Waals surface area contributed by atoms with E-state index < -0.39 is 0 Å². The Balaban J connectivity index is 1.72. The first-order valence-electron chi connectivity index (χ1n) is 8.43. The molecule has 0 bridgehead atoms. The highest BCUT2D eigenvalue weighted by Crippen LogP contribution is 2.20. The normalized spacial score (nSPS) is 23.9. The number of rotatable bonds is 6. The Hall–Kier alpha value is -1.59. The van der Waals surface area contributed by atoms with E-state index in [1.54, 1.807) is 13.2 Å². The number of ether oxygens (including phenoxy) is 3. The summed E-state index contributed by atoms with van der Waals surface area (Å²) < 4.78 is 16.7. The van der Waals surface area contributed by atoms with E-state index in [1.165, 1.54) is 0 Å². The molecule has 126 valence electrons. The molecule has 3 rings (SSSR count). The number of methoxy groups -OCH3 is 1. The lowest BCUT2D eigenvalue weighted by Gasteiger charge is -2.28. The average Bonchev–Trinajstić information content (AvgIpc) is 3.27. The van der Waals surface area contributed by atoms with Crippen LogP contribution in [0.4, 0.5) is 0 Å². The van der Waals surface area contributed by atoms with E-state index in [0.29, 0.717) is 24.4 Å². The Bertz CT molecular complexity index is 504. The van der Waals surface area contributed by atoms with Gasteiger partial charge in [0.25, 0.3) is 5.91 Å². The van der Waals surface area contributed by atoms with Gasteiger partial charge in [0, 0.05) is 31.9 Å². The Labute approximate surface area is 137 Å². The highest BCUT2D eigenvalue weighted by atomic mass is 16.5. The quantitative estimate of drug-likeness (QED) is 0.808. The van der Waals surface area contributed by atoms with Gasteiger partial charge in [-0.2, -0.15) is 0 Å². The summed E-state index contributed by atoms with van der Waals surface area (Å²) in [5.41, 5.74) is 0.653. The van der Waals surface area contributed by atoms with Crippen molar-refractivity contribution in [2.45, 2.75) is 37.9 Å². The summed E-state index contributed by atoms with van der Waals surface area (Å²) >= 11 is 0. The van der Waals surface area contributed by atoms with Crippen molar-refractivity contribution in [1.29, 1.82) is 0 Å². The second kappa shape index (κ2) is 7.79. The maximum Gasteiger partial charge on any atom is 0.254 e. The summed E-state index contributed by atoms with van der Waals surface area (Å²) in [5, 5.41) is 0. The highest BCUT2D eigenvalue weighted by Gasteiger charge is 2.27. The van der Waals surface area contributed by atoms with Gasteiger partial charge in [0.1, 0.15) is 5.75 Å². The first-order valence-corrected chi connectivity index (χ1v) is 8.43. The summed E-state index contributed by atoms with van der Waals surface area (Å²) in [7, 11) is 1.61. The van der Waals surface area contributed by atoms with Gasteiger partial charge in [-0.3, -0.25) is 4.79 Å². The lowest BCUT2D eigenvalue weighted by Crippen LogP contribution is -2.42. The average molecular weight is 319 g/mol. The molecule has 2 aliphatic rings. The molecule has 1 amide bonds. The second-order valence-electron chi connectivity index (χ2n) is 6.21. The fraction of sp³-hybridized carbons (Fsp3) is 0.611. The lowest BCUT2D eigenvalue weighted by molar-refractivity contribution is 0.0307. The van der Waals surface area contributed by atoms with Crippen LogP contribution >= 0.6 is 0 Å². The zero-order chi connectivity index (χ0) is 16.1. The van der Waals surface area contributed by atoms with Crippen molar-refractivity contribution < 1.29 is 19.0 Å². The molecular formula is C18H25NO4. The van der Waals surface area contributed by atoms with Crippen LogP contribution in [-0.4, -0.2) is 56.4 Å². The molecule has 2 heterocycles. The molecule has 0 unspecified atom stereocenters. The van der Waals surface area contributed by atoms with E-state index in [2.05, 4.69) is 0 Å². The summed E-state index contributed by atoms with van der Waals surface area (Å²) in [6, 6.07) is 7.33. The van der Waals surface area contributed by atoms with Crippen molar-refractivity contribution in [1.82, 2.24) is 4.90 Å². The minimum absolute atomic E-state index is 0.0231. The SMILES string of the molecule is COc1cccc(C(=O)N(C[C@@H]2CCCO2)C[C@@H]2CCCO2)c1. The molecule has 1 aromatic rings. The van der Waals surface area contributed by atoms with Crippen LogP contribution in [0.5, 0.6) is 5.75 Å². The number of nitrogens with zero attached hydrogens (tertiary/aromatic N) is 1. The smallest absolute Gasteiger partial charge is 0.254 e. The van der Waals surface area contributed by atoms with Gasteiger partial charge in [0.05, 0.1) is 19.3 Å². The van der Waals surface area contributed by atoms with Crippen LogP contribution in [0.25, 0.3) is 0 Å². The Morgan fingerprint density at radius 1 is 1.17 bits per heavy atom. The predicted molar refractivity (Wildman–Crippen MR) is 86.8 cm³/mol. The Kier molecular flexibility index (Phi) is 5.51. The molecule has 1 aromatic carbocycles. The van der Waals surface area contributed by atoms with Crippen LogP contribution in [0.3, 0.4) is 0 Å². The van der Waals surface area contributed by atoms with Gasteiger partial charge < -0.3 is 19.1 Å². The molecule has 0 N–H and O–H groups in total. The van der Waals surface area contributed by atoms with Gasteiger partial charge >= 0.3 is 0 Å². The van der Waals surface area contributed by atoms with Crippen molar-refractivity contribution in [2.24, 2.45) is 0 Å². The third-order valence-electron chi connectivity index (χ3n) is 4.50. The minimum atomic E-state index is 0.0231. The van der Waals surface area contributed by atoms with Crippen LogP contribution in [0, 0.1) is 0 Å². The van der Waals surface area contributed by atoms with E-state index in [4.69, 9.17) is 14.2 Å². The zero-order valence-corrected chi connectivity index (χ0v) is 13.7. The van der Waals surface area contributed by atoms with Gasteiger partial charge in [-0.1, -0.05) is 6.07 Å². The maximum atomic E-state index is 12.9. The molecule has 2 atom stereocenters. The second-order valence-corrected chi connectivity index (χ2v) is 6.21. The molecule has 2 fully saturated rings. The van der Waals surface area contributed by atoms with Crippen molar-refractivity contribution in [3.05, 3.63) is 29.8 Å². The molecule has 2 aliphatic heterocycles. The third-order valence-corrected chi connectivity index (χ3v) is 4.50. The molecule has 5 heteroatoms. The van der Waals surface area contributed by atoms with Gasteiger partial charge in [0.2, 0.25) is 0 Å². The van der Waals surface area contributed by atoms with Gasteiger partial charge in [-0.15, -0.1) is 0 Å². The van der Waals surface area contributed by atoms with Gasteiger partial charge in [0.15, 0.2) is 0 Å². The van der Waals surface area contributed by atoms with Crippen LogP contribution in [0.2, 0.25) is 0 Å². The van der Waals surface area contributed by atoms with Crippen LogP contribution < -0.4 is 4.74 Å². The van der Waals surface area contributed by atoms with E-state index in [-0.39, 0.29) is 18.1 Å².